The number of nitrogens with one attached hydrogen (secondary N) is 1. The number of benzene rings is 2. The Balaban J connectivity index is 1.74. The molecule has 0 radical (unpaired) electrons. The lowest BCUT2D eigenvalue weighted by Crippen LogP contribution is -2.08. The third-order valence-electron chi connectivity index (χ3n) is 3.95. The van der Waals surface area contributed by atoms with Gasteiger partial charge in [-0.15, -0.1) is 0 Å². The van der Waals surface area contributed by atoms with Gasteiger partial charge in [-0.2, -0.15) is 5.10 Å². The fraction of sp³-hybridized carbons (Fsp3) is 0.100. The number of hydrogen-bond acceptors (Lipinski definition) is 3. The Morgan fingerprint density at radius 2 is 1.85 bits per heavy atom. The molecule has 5 nitrogen and oxygen atoms in total. The SMILES string of the molecule is Cn1ncc(C=CC(=O)Nc2ccc([S+](C)[O-])cc2)c1-c1ccc(F)cc1. The van der Waals surface area contributed by atoms with Crippen molar-refractivity contribution in [3.8, 4) is 11.3 Å². The highest BCUT2D eigenvalue weighted by Crippen LogP contribution is 2.24. The summed E-state index contributed by atoms with van der Waals surface area (Å²) in [5.41, 5.74) is 2.95. The molecule has 3 aromatic rings. The molecule has 1 amide bonds. The molecule has 1 heterocycles. The van der Waals surface area contributed by atoms with E-state index in [4.69, 9.17) is 0 Å². The molecular formula is C20H18FN3O2S. The molecule has 0 saturated heterocycles. The molecular weight excluding hydrogens is 365 g/mol. The van der Waals surface area contributed by atoms with Crippen molar-refractivity contribution in [1.82, 2.24) is 9.78 Å². The molecule has 7 heteroatoms. The van der Waals surface area contributed by atoms with Crippen LogP contribution in [0.25, 0.3) is 17.3 Å². The molecule has 1 aromatic heterocycles. The fourth-order valence-corrected chi connectivity index (χ4v) is 3.14. The zero-order valence-corrected chi connectivity index (χ0v) is 15.7. The number of halogens is 1. The first-order valence-corrected chi connectivity index (χ1v) is 9.70. The van der Waals surface area contributed by atoms with Gasteiger partial charge in [0.05, 0.1) is 11.9 Å². The van der Waals surface area contributed by atoms with Gasteiger partial charge in [-0.1, -0.05) is 0 Å². The van der Waals surface area contributed by atoms with E-state index < -0.39 is 11.2 Å². The minimum Gasteiger partial charge on any atom is -0.612 e. The number of amides is 1. The summed E-state index contributed by atoms with van der Waals surface area (Å²) in [4.78, 5) is 12.9. The second kappa shape index (κ2) is 8.20. The van der Waals surface area contributed by atoms with Gasteiger partial charge in [0.2, 0.25) is 5.91 Å². The lowest BCUT2D eigenvalue weighted by atomic mass is 10.1. The number of anilines is 1. The number of hydrogen-bond donors (Lipinski definition) is 1. The molecule has 0 aliphatic heterocycles. The highest BCUT2D eigenvalue weighted by molar-refractivity contribution is 7.90. The zero-order valence-electron chi connectivity index (χ0n) is 14.8. The molecule has 1 unspecified atom stereocenters. The first-order valence-electron chi connectivity index (χ1n) is 8.14. The fourth-order valence-electron chi connectivity index (χ4n) is 2.62. The van der Waals surface area contributed by atoms with Crippen molar-refractivity contribution in [2.75, 3.05) is 11.6 Å². The summed E-state index contributed by atoms with van der Waals surface area (Å²) >= 11 is -1.06. The van der Waals surface area contributed by atoms with Gasteiger partial charge < -0.3 is 9.87 Å². The van der Waals surface area contributed by atoms with E-state index in [1.807, 2.05) is 0 Å². The lowest BCUT2D eigenvalue weighted by molar-refractivity contribution is -0.111. The van der Waals surface area contributed by atoms with Gasteiger partial charge >= 0.3 is 0 Å². The van der Waals surface area contributed by atoms with Crippen LogP contribution in [0.3, 0.4) is 0 Å². The van der Waals surface area contributed by atoms with Crippen LogP contribution in [-0.2, 0) is 23.0 Å². The Bertz CT molecular complexity index is 964. The predicted molar refractivity (Wildman–Crippen MR) is 105 cm³/mol. The molecule has 1 N–H and O–H groups in total. The highest BCUT2D eigenvalue weighted by atomic mass is 32.2. The summed E-state index contributed by atoms with van der Waals surface area (Å²) < 4.78 is 26.2. The number of rotatable bonds is 5. The molecule has 0 spiro atoms. The average Bonchev–Trinajstić information content (AvgIpc) is 3.02. The molecule has 3 rings (SSSR count). The third-order valence-corrected chi connectivity index (χ3v) is 4.89. The summed E-state index contributed by atoms with van der Waals surface area (Å²) in [5.74, 6) is -0.607. The van der Waals surface area contributed by atoms with Crippen LogP contribution in [0.1, 0.15) is 5.56 Å². The van der Waals surface area contributed by atoms with E-state index in [0.29, 0.717) is 10.6 Å². The Kier molecular flexibility index (Phi) is 5.73. The molecule has 27 heavy (non-hydrogen) atoms. The van der Waals surface area contributed by atoms with Crippen LogP contribution in [0.2, 0.25) is 0 Å². The molecule has 0 aliphatic carbocycles. The van der Waals surface area contributed by atoms with Crippen LogP contribution in [0.15, 0.2) is 65.7 Å². The van der Waals surface area contributed by atoms with Crippen LogP contribution >= 0.6 is 0 Å². The van der Waals surface area contributed by atoms with Crippen molar-refractivity contribution in [2.45, 2.75) is 4.90 Å². The summed E-state index contributed by atoms with van der Waals surface area (Å²) in [7, 11) is 1.79. The summed E-state index contributed by atoms with van der Waals surface area (Å²) in [6.07, 6.45) is 6.32. The van der Waals surface area contributed by atoms with E-state index in [2.05, 4.69) is 10.4 Å². The van der Waals surface area contributed by atoms with Crippen LogP contribution in [0, 0.1) is 5.82 Å². The normalized spacial score (nSPS) is 12.3. The number of aromatic nitrogens is 2. The largest absolute Gasteiger partial charge is 0.612 e. The highest BCUT2D eigenvalue weighted by Gasteiger charge is 2.10. The molecule has 0 fully saturated rings. The van der Waals surface area contributed by atoms with Crippen molar-refractivity contribution < 1.29 is 13.7 Å². The van der Waals surface area contributed by atoms with Gasteiger partial charge in [-0.3, -0.25) is 9.48 Å². The molecule has 0 bridgehead atoms. The lowest BCUT2D eigenvalue weighted by Gasteiger charge is -2.06. The summed E-state index contributed by atoms with van der Waals surface area (Å²) in [6, 6.07) is 12.9. The maximum Gasteiger partial charge on any atom is 0.248 e. The quantitative estimate of drug-likeness (QED) is 0.540. The van der Waals surface area contributed by atoms with Crippen LogP contribution in [0.4, 0.5) is 10.1 Å². The van der Waals surface area contributed by atoms with E-state index in [9.17, 15) is 13.7 Å². The standard InChI is InChI=1S/C20H18FN3O2S/c1-24-20(14-3-6-16(21)7-4-14)15(13-22-24)5-12-19(25)23-17-8-10-18(11-9-17)27(2)26/h3-13H,1-2H3,(H,23,25). The van der Waals surface area contributed by atoms with Crippen molar-refractivity contribution in [3.05, 3.63) is 72.2 Å². The molecule has 1 atom stereocenters. The van der Waals surface area contributed by atoms with Crippen molar-refractivity contribution in [3.63, 3.8) is 0 Å². The summed E-state index contributed by atoms with van der Waals surface area (Å²) in [6.45, 7) is 0. The Labute approximate surface area is 159 Å². The van der Waals surface area contributed by atoms with Crippen LogP contribution in [0.5, 0.6) is 0 Å². The minimum atomic E-state index is -1.06. The molecule has 138 valence electrons. The number of carbonyl (C=O) groups is 1. The maximum atomic E-state index is 13.2. The second-order valence-electron chi connectivity index (χ2n) is 5.88. The van der Waals surface area contributed by atoms with Crippen LogP contribution in [-0.4, -0.2) is 26.5 Å². The average molecular weight is 383 g/mol. The zero-order chi connectivity index (χ0) is 19.4. The number of carbonyl (C=O) groups excluding carboxylic acids is 1. The number of aryl methyl sites for hydroxylation is 1. The van der Waals surface area contributed by atoms with Gasteiger partial charge in [0.25, 0.3) is 0 Å². The van der Waals surface area contributed by atoms with E-state index in [1.54, 1.807) is 66.7 Å². The van der Waals surface area contributed by atoms with Crippen molar-refractivity contribution >= 4 is 28.8 Å². The Hall–Kier alpha value is -2.90. The minimum absolute atomic E-state index is 0.297. The monoisotopic (exact) mass is 383 g/mol. The topological polar surface area (TPSA) is 70.0 Å². The van der Waals surface area contributed by atoms with E-state index in [1.165, 1.54) is 18.2 Å². The summed E-state index contributed by atoms with van der Waals surface area (Å²) in [5, 5.41) is 6.96. The smallest absolute Gasteiger partial charge is 0.248 e. The Morgan fingerprint density at radius 1 is 1.19 bits per heavy atom. The Morgan fingerprint density at radius 3 is 2.48 bits per heavy atom. The first kappa shape index (κ1) is 18.9. The van der Waals surface area contributed by atoms with Gasteiger partial charge in [0, 0.05) is 29.9 Å². The third kappa shape index (κ3) is 4.64. The molecule has 0 aliphatic rings. The molecule has 0 saturated carbocycles. The van der Waals surface area contributed by atoms with E-state index >= 15 is 0 Å². The van der Waals surface area contributed by atoms with Gasteiger partial charge in [0.1, 0.15) is 12.1 Å². The second-order valence-corrected chi connectivity index (χ2v) is 7.26. The van der Waals surface area contributed by atoms with Crippen LogP contribution < -0.4 is 5.32 Å². The van der Waals surface area contributed by atoms with E-state index in [0.717, 1.165) is 16.8 Å². The van der Waals surface area contributed by atoms with Crippen molar-refractivity contribution in [2.24, 2.45) is 7.05 Å². The number of nitrogens with zero attached hydrogens (tertiary/aromatic N) is 2. The maximum absolute atomic E-state index is 13.2. The van der Waals surface area contributed by atoms with Crippen molar-refractivity contribution in [1.29, 1.82) is 0 Å². The first-order chi connectivity index (χ1) is 12.9. The predicted octanol–water partition coefficient (Wildman–Crippen LogP) is 3.62. The van der Waals surface area contributed by atoms with Gasteiger partial charge in [0.15, 0.2) is 4.90 Å². The van der Waals surface area contributed by atoms with E-state index in [-0.39, 0.29) is 11.7 Å². The molecule has 2 aromatic carbocycles. The van der Waals surface area contributed by atoms with Gasteiger partial charge in [-0.25, -0.2) is 4.39 Å². The van der Waals surface area contributed by atoms with Gasteiger partial charge in [-0.05, 0) is 65.8 Å².